The molecule has 0 amide bonds. The first-order chi connectivity index (χ1) is 7.97. The molecule has 1 saturated carbocycles. The van der Waals surface area contributed by atoms with Crippen LogP contribution in [0.15, 0.2) is 18.3 Å². The van der Waals surface area contributed by atoms with Crippen molar-refractivity contribution in [3.05, 3.63) is 23.9 Å². The molecular formula is C11H13F3N2O. The molecule has 0 radical (unpaired) electrons. The zero-order chi connectivity index (χ0) is 12.5. The van der Waals surface area contributed by atoms with Crippen LogP contribution in [-0.4, -0.2) is 17.1 Å². The first kappa shape index (κ1) is 12.2. The van der Waals surface area contributed by atoms with Crippen molar-refractivity contribution in [1.29, 1.82) is 0 Å². The lowest BCUT2D eigenvalue weighted by molar-refractivity contribution is -0.137. The number of nitrogens with zero attached hydrogens (tertiary/aromatic N) is 1. The molecule has 2 rings (SSSR count). The highest BCUT2D eigenvalue weighted by Crippen LogP contribution is 2.31. The first-order valence-electron chi connectivity index (χ1n) is 5.42. The molecule has 6 heteroatoms. The number of halogens is 3. The summed E-state index contributed by atoms with van der Waals surface area (Å²) in [6.45, 7) is 0. The van der Waals surface area contributed by atoms with Crippen LogP contribution < -0.4 is 10.5 Å². The predicted molar refractivity (Wildman–Crippen MR) is 55.5 cm³/mol. The monoisotopic (exact) mass is 246 g/mol. The van der Waals surface area contributed by atoms with Gasteiger partial charge in [-0.05, 0) is 25.3 Å². The molecule has 1 aromatic heterocycles. The lowest BCUT2D eigenvalue weighted by Crippen LogP contribution is -2.33. The van der Waals surface area contributed by atoms with Crippen LogP contribution in [0.1, 0.15) is 24.8 Å². The first-order valence-corrected chi connectivity index (χ1v) is 5.42. The molecule has 0 spiro atoms. The van der Waals surface area contributed by atoms with Gasteiger partial charge < -0.3 is 10.5 Å². The molecule has 0 saturated heterocycles. The minimum Gasteiger partial charge on any atom is -0.473 e. The van der Waals surface area contributed by atoms with E-state index < -0.39 is 11.7 Å². The molecule has 1 fully saturated rings. The average molecular weight is 246 g/mol. The summed E-state index contributed by atoms with van der Waals surface area (Å²) in [7, 11) is 0. The lowest BCUT2D eigenvalue weighted by Gasteiger charge is -2.17. The topological polar surface area (TPSA) is 48.1 Å². The third kappa shape index (κ3) is 2.88. The van der Waals surface area contributed by atoms with Gasteiger partial charge in [-0.1, -0.05) is 0 Å². The molecule has 3 nitrogen and oxygen atoms in total. The molecule has 0 unspecified atom stereocenters. The number of pyridine rings is 1. The Bertz CT molecular complexity index is 395. The number of hydrogen-bond donors (Lipinski definition) is 1. The zero-order valence-corrected chi connectivity index (χ0v) is 9.07. The normalized spacial score (nSPS) is 24.9. The molecular weight excluding hydrogens is 233 g/mol. The highest BCUT2D eigenvalue weighted by Gasteiger charge is 2.32. The second-order valence-corrected chi connectivity index (χ2v) is 4.13. The van der Waals surface area contributed by atoms with Crippen molar-refractivity contribution in [2.45, 2.75) is 37.6 Å². The number of alkyl halides is 3. The van der Waals surface area contributed by atoms with E-state index in [4.69, 9.17) is 10.5 Å². The minimum absolute atomic E-state index is 0.0119. The number of ether oxygens (including phenoxy) is 1. The number of aromatic nitrogens is 1. The van der Waals surface area contributed by atoms with Gasteiger partial charge in [-0.2, -0.15) is 13.2 Å². The zero-order valence-electron chi connectivity index (χ0n) is 9.07. The van der Waals surface area contributed by atoms with Gasteiger partial charge in [0.15, 0.2) is 0 Å². The van der Waals surface area contributed by atoms with E-state index >= 15 is 0 Å². The van der Waals surface area contributed by atoms with Crippen LogP contribution in [0.3, 0.4) is 0 Å². The van der Waals surface area contributed by atoms with Gasteiger partial charge in [0, 0.05) is 18.3 Å². The molecule has 94 valence electrons. The third-order valence-electron chi connectivity index (χ3n) is 2.84. The second-order valence-electron chi connectivity index (χ2n) is 4.13. The Kier molecular flexibility index (Phi) is 3.24. The highest BCUT2D eigenvalue weighted by atomic mass is 19.4. The van der Waals surface area contributed by atoms with Gasteiger partial charge in [0.05, 0.1) is 5.56 Å². The van der Waals surface area contributed by atoms with E-state index in [-0.39, 0.29) is 18.0 Å². The van der Waals surface area contributed by atoms with Crippen LogP contribution >= 0.6 is 0 Å². The van der Waals surface area contributed by atoms with Crippen LogP contribution in [0.2, 0.25) is 0 Å². The Morgan fingerprint density at radius 2 is 2.12 bits per heavy atom. The minimum atomic E-state index is -4.38. The van der Waals surface area contributed by atoms with Crippen molar-refractivity contribution in [1.82, 2.24) is 4.98 Å². The van der Waals surface area contributed by atoms with E-state index in [1.165, 1.54) is 0 Å². The van der Waals surface area contributed by atoms with E-state index in [1.807, 2.05) is 0 Å². The van der Waals surface area contributed by atoms with E-state index in [9.17, 15) is 13.2 Å². The quantitative estimate of drug-likeness (QED) is 0.871. The number of hydrogen-bond acceptors (Lipinski definition) is 3. The van der Waals surface area contributed by atoms with Crippen molar-refractivity contribution in [2.24, 2.45) is 5.73 Å². The molecule has 0 aromatic carbocycles. The summed E-state index contributed by atoms with van der Waals surface area (Å²) in [6.07, 6.45) is -0.976. The second kappa shape index (κ2) is 4.52. The molecule has 0 bridgehead atoms. The molecule has 2 N–H and O–H groups in total. The van der Waals surface area contributed by atoms with E-state index in [1.54, 1.807) is 0 Å². The molecule has 1 aromatic rings. The van der Waals surface area contributed by atoms with Gasteiger partial charge in [0.1, 0.15) is 6.10 Å². The molecule has 1 aliphatic carbocycles. The molecule has 0 aliphatic heterocycles. The van der Waals surface area contributed by atoms with Gasteiger partial charge in [-0.3, -0.25) is 0 Å². The SMILES string of the molecule is N[C@@H]1CCC[C@H]1Oc1cc(C(F)(F)F)ccn1. The third-order valence-corrected chi connectivity index (χ3v) is 2.84. The molecule has 1 heterocycles. The van der Waals surface area contributed by atoms with Crippen molar-refractivity contribution in [3.8, 4) is 5.88 Å². The standard InChI is InChI=1S/C11H13F3N2O/c12-11(13,14)7-4-5-16-10(6-7)17-9-3-1-2-8(9)15/h4-6,8-9H,1-3,15H2/t8-,9-/m1/s1. The summed E-state index contributed by atoms with van der Waals surface area (Å²) >= 11 is 0. The summed E-state index contributed by atoms with van der Waals surface area (Å²) in [4.78, 5) is 3.77. The Morgan fingerprint density at radius 3 is 2.71 bits per heavy atom. The number of nitrogens with two attached hydrogens (primary N) is 1. The highest BCUT2D eigenvalue weighted by molar-refractivity contribution is 5.23. The van der Waals surface area contributed by atoms with Crippen LogP contribution in [0.4, 0.5) is 13.2 Å². The summed E-state index contributed by atoms with van der Waals surface area (Å²) in [6, 6.07) is 1.71. The maximum Gasteiger partial charge on any atom is 0.416 e. The van der Waals surface area contributed by atoms with Gasteiger partial charge in [-0.15, -0.1) is 0 Å². The van der Waals surface area contributed by atoms with Crippen molar-refractivity contribution < 1.29 is 17.9 Å². The molecule has 1 aliphatic rings. The Balaban J connectivity index is 2.11. The summed E-state index contributed by atoms with van der Waals surface area (Å²) in [5.74, 6) is -0.0119. The number of rotatable bonds is 2. The molecule has 17 heavy (non-hydrogen) atoms. The Hall–Kier alpha value is -1.30. The van der Waals surface area contributed by atoms with E-state index in [2.05, 4.69) is 4.98 Å². The van der Waals surface area contributed by atoms with Gasteiger partial charge in [0.25, 0.3) is 0 Å². The maximum absolute atomic E-state index is 12.5. The Morgan fingerprint density at radius 1 is 1.35 bits per heavy atom. The average Bonchev–Trinajstić information content (AvgIpc) is 2.64. The van der Waals surface area contributed by atoms with E-state index in [0.717, 1.165) is 37.6 Å². The van der Waals surface area contributed by atoms with Crippen molar-refractivity contribution in [2.75, 3.05) is 0 Å². The van der Waals surface area contributed by atoms with Crippen LogP contribution in [0.5, 0.6) is 5.88 Å². The maximum atomic E-state index is 12.5. The predicted octanol–water partition coefficient (Wildman–Crippen LogP) is 2.36. The van der Waals surface area contributed by atoms with Gasteiger partial charge >= 0.3 is 6.18 Å². The van der Waals surface area contributed by atoms with Gasteiger partial charge in [0.2, 0.25) is 5.88 Å². The molecule has 2 atom stereocenters. The summed E-state index contributed by atoms with van der Waals surface area (Å²) in [5.41, 5.74) is 5.02. The fourth-order valence-electron chi connectivity index (χ4n) is 1.91. The van der Waals surface area contributed by atoms with Crippen LogP contribution in [0.25, 0.3) is 0 Å². The van der Waals surface area contributed by atoms with Gasteiger partial charge in [-0.25, -0.2) is 4.98 Å². The van der Waals surface area contributed by atoms with Crippen LogP contribution in [-0.2, 0) is 6.18 Å². The largest absolute Gasteiger partial charge is 0.473 e. The van der Waals surface area contributed by atoms with Crippen LogP contribution in [0, 0.1) is 0 Å². The van der Waals surface area contributed by atoms with E-state index in [0.29, 0.717) is 0 Å². The lowest BCUT2D eigenvalue weighted by atomic mass is 10.2. The summed E-state index contributed by atoms with van der Waals surface area (Å²) < 4.78 is 42.7. The fraction of sp³-hybridized carbons (Fsp3) is 0.545. The van der Waals surface area contributed by atoms with Crippen molar-refractivity contribution in [3.63, 3.8) is 0 Å². The van der Waals surface area contributed by atoms with Crippen molar-refractivity contribution >= 4 is 0 Å². The Labute approximate surface area is 96.8 Å². The fourth-order valence-corrected chi connectivity index (χ4v) is 1.91. The summed E-state index contributed by atoms with van der Waals surface area (Å²) in [5, 5.41) is 0. The smallest absolute Gasteiger partial charge is 0.416 e.